The molecular formula is C118H80N6. The van der Waals surface area contributed by atoms with Crippen molar-refractivity contribution < 1.29 is 0 Å². The Labute approximate surface area is 719 Å². The van der Waals surface area contributed by atoms with Gasteiger partial charge in [0.15, 0.2) is 11.6 Å². The molecule has 4 aromatic heterocycles. The summed E-state index contributed by atoms with van der Waals surface area (Å²) < 4.78 is 4.81. The van der Waals surface area contributed by atoms with E-state index in [2.05, 4.69) is 443 Å². The summed E-state index contributed by atoms with van der Waals surface area (Å²) in [5.74, 6) is 1.39. The molecule has 18 aromatic carbocycles. The second kappa shape index (κ2) is 28.5. The molecule has 24 rings (SSSR count). The van der Waals surface area contributed by atoms with Crippen LogP contribution in [0.5, 0.6) is 0 Å². The van der Waals surface area contributed by atoms with E-state index >= 15 is 0 Å². The number of para-hydroxylation sites is 3. The molecular weight excluding hydrogens is 1500 g/mol. The zero-order valence-electron chi connectivity index (χ0n) is 68.9. The first kappa shape index (κ1) is 72.3. The zero-order chi connectivity index (χ0) is 82.5. The molecule has 6 heteroatoms. The minimum atomic E-state index is -0.396. The molecule has 0 spiro atoms. The fraction of sp³-hybridized carbons (Fsp3) is 0.0508. The third kappa shape index (κ3) is 11.7. The number of benzene rings is 18. The molecule has 582 valence electrons. The van der Waals surface area contributed by atoms with E-state index in [-0.39, 0.29) is 5.41 Å². The smallest absolute Gasteiger partial charge is 0.160 e. The molecule has 0 bridgehead atoms. The van der Waals surface area contributed by atoms with Crippen LogP contribution in [0.3, 0.4) is 0 Å². The van der Waals surface area contributed by atoms with Gasteiger partial charge in [0.1, 0.15) is 0 Å². The maximum Gasteiger partial charge on any atom is 0.160 e. The van der Waals surface area contributed by atoms with Gasteiger partial charge in [0.05, 0.1) is 44.8 Å². The van der Waals surface area contributed by atoms with Crippen LogP contribution in [-0.4, -0.2) is 29.1 Å². The van der Waals surface area contributed by atoms with E-state index in [0.29, 0.717) is 11.6 Å². The predicted molar refractivity (Wildman–Crippen MR) is 516 cm³/mol. The lowest BCUT2D eigenvalue weighted by molar-refractivity contribution is 0.660. The van der Waals surface area contributed by atoms with Crippen LogP contribution in [-0.2, 0) is 10.8 Å². The highest BCUT2D eigenvalue weighted by molar-refractivity contribution is 6.13. The third-order valence-electron chi connectivity index (χ3n) is 26.6. The van der Waals surface area contributed by atoms with Gasteiger partial charge in [-0.3, -0.25) is 0 Å². The van der Waals surface area contributed by atoms with Crippen LogP contribution in [0.15, 0.2) is 413 Å². The topological polar surface area (TPSA) is 61.4 Å². The highest BCUT2D eigenvalue weighted by atomic mass is 15.0. The lowest BCUT2D eigenvalue weighted by Gasteiger charge is -2.25. The standard InChI is InChI=1S/C118H80N6/c1-117(2)103-43-21-18-38-92(103)100-69-83(55-63-104(100)117)106-71-107(120-115(119-106)77-26-8-5-9-27-77)94-61-59-86(88-34-14-16-36-90(88)94)75-52-48-74(49-53-75)81-57-65-113-102(68-81)97-40-20-23-45-111(97)124(113)85-33-24-30-79(66-85)82-54-58-93-98-41-25-42-99(114(98)118(3,4)105(93)70-82)109-72-108(121-116(122-109)78-28-10-6-11-29-78)95-62-60-87(89-35-15-17-37-91(89)95)76-50-46-73(47-51-76)80-56-64-112-101(67-80)96-39-19-22-44-110(96)123(112)84-31-12-7-13-32-84/h5-72H,1-4H3. The summed E-state index contributed by atoms with van der Waals surface area (Å²) in [6.07, 6.45) is 0. The van der Waals surface area contributed by atoms with Crippen molar-refractivity contribution in [3.8, 4) is 157 Å². The number of hydrogen-bond donors (Lipinski definition) is 0. The van der Waals surface area contributed by atoms with Crippen LogP contribution in [0.1, 0.15) is 49.9 Å². The zero-order valence-corrected chi connectivity index (χ0v) is 68.9. The SMILES string of the molecule is CC1(C)c2ccccc2-c2cc(-c3cc(-c4ccc(-c5ccc(-c6ccc7c(c6)c6ccccc6n7-c6cccc(-c7ccc8c(c7)C(C)(C)c7c(-c9cc(-c%10ccc(-c%11ccc(-c%12ccc%13c(c%12)c%12ccccc%12n%13-c%12ccccc%12)cc%11)c%11ccccc%10%11)nc(-c%10ccccc%10)n9)cccc7-8)c6)cc5)c5ccccc45)nc(-c4ccccc4)n3)ccc21. The molecule has 0 aliphatic heterocycles. The average Bonchev–Trinajstić information content (AvgIpc) is 1.58. The summed E-state index contributed by atoms with van der Waals surface area (Å²) in [7, 11) is 0. The van der Waals surface area contributed by atoms with E-state index in [1.54, 1.807) is 0 Å². The largest absolute Gasteiger partial charge is 0.309 e. The Balaban J connectivity index is 0.525. The highest BCUT2D eigenvalue weighted by Gasteiger charge is 2.39. The first-order valence-electron chi connectivity index (χ1n) is 42.9. The van der Waals surface area contributed by atoms with Gasteiger partial charge in [-0.1, -0.05) is 355 Å². The second-order valence-corrected chi connectivity index (χ2v) is 34.3. The normalized spacial score (nSPS) is 13.0. The fourth-order valence-corrected chi connectivity index (χ4v) is 20.5. The maximum absolute atomic E-state index is 5.53. The van der Waals surface area contributed by atoms with Crippen LogP contribution in [0.25, 0.3) is 222 Å². The third-order valence-corrected chi connectivity index (χ3v) is 26.6. The van der Waals surface area contributed by atoms with E-state index in [1.165, 1.54) is 105 Å². The molecule has 124 heavy (non-hydrogen) atoms. The Hall–Kier alpha value is -15.8. The Kier molecular flexibility index (Phi) is 16.6. The number of rotatable bonds is 13. The van der Waals surface area contributed by atoms with Crippen molar-refractivity contribution in [2.24, 2.45) is 0 Å². The molecule has 0 saturated carbocycles. The molecule has 6 nitrogen and oxygen atoms in total. The number of nitrogens with zero attached hydrogens (tertiary/aromatic N) is 6. The molecule has 0 N–H and O–H groups in total. The summed E-state index contributed by atoms with van der Waals surface area (Å²) in [6, 6.07) is 151. The van der Waals surface area contributed by atoms with Crippen LogP contribution in [0.4, 0.5) is 0 Å². The molecule has 0 unspecified atom stereocenters. The minimum Gasteiger partial charge on any atom is -0.309 e. The van der Waals surface area contributed by atoms with Gasteiger partial charge in [0.2, 0.25) is 0 Å². The van der Waals surface area contributed by atoms with Crippen molar-refractivity contribution in [3.63, 3.8) is 0 Å². The van der Waals surface area contributed by atoms with Crippen molar-refractivity contribution in [3.05, 3.63) is 435 Å². The van der Waals surface area contributed by atoms with E-state index in [4.69, 9.17) is 19.9 Å². The molecule has 0 fully saturated rings. The van der Waals surface area contributed by atoms with Crippen LogP contribution in [0, 0.1) is 0 Å². The number of aromatic nitrogens is 6. The summed E-state index contributed by atoms with van der Waals surface area (Å²) in [4.78, 5) is 21.7. The Bertz CT molecular complexity index is 8130. The van der Waals surface area contributed by atoms with Crippen molar-refractivity contribution in [1.82, 2.24) is 29.1 Å². The van der Waals surface area contributed by atoms with E-state index in [0.717, 1.165) is 128 Å². The first-order valence-corrected chi connectivity index (χ1v) is 42.9. The lowest BCUT2D eigenvalue weighted by atomic mass is 9.79. The summed E-state index contributed by atoms with van der Waals surface area (Å²) in [5, 5.41) is 9.49. The van der Waals surface area contributed by atoms with Gasteiger partial charge < -0.3 is 9.13 Å². The maximum atomic E-state index is 5.53. The van der Waals surface area contributed by atoms with Crippen LogP contribution >= 0.6 is 0 Å². The average molecular weight is 1580 g/mol. The minimum absolute atomic E-state index is 0.0897. The first-order chi connectivity index (χ1) is 61.0. The monoisotopic (exact) mass is 1580 g/mol. The number of fused-ring (bicyclic) bond motifs is 14. The molecule has 2 aliphatic rings. The van der Waals surface area contributed by atoms with E-state index in [1.807, 2.05) is 6.07 Å². The van der Waals surface area contributed by atoms with Gasteiger partial charge in [0.25, 0.3) is 0 Å². The van der Waals surface area contributed by atoms with Gasteiger partial charge in [-0.2, -0.15) is 0 Å². The summed E-state index contributed by atoms with van der Waals surface area (Å²) in [5.41, 5.74) is 38.2. The van der Waals surface area contributed by atoms with Crippen LogP contribution in [0.2, 0.25) is 0 Å². The van der Waals surface area contributed by atoms with Crippen LogP contribution < -0.4 is 0 Å². The van der Waals surface area contributed by atoms with Crippen molar-refractivity contribution in [1.29, 1.82) is 0 Å². The molecule has 0 saturated heterocycles. The van der Waals surface area contributed by atoms with Crippen molar-refractivity contribution >= 4 is 65.2 Å². The fourth-order valence-electron chi connectivity index (χ4n) is 20.5. The van der Waals surface area contributed by atoms with Crippen molar-refractivity contribution in [2.75, 3.05) is 0 Å². The Morgan fingerprint density at radius 2 is 0.540 bits per heavy atom. The van der Waals surface area contributed by atoms with Gasteiger partial charge >= 0.3 is 0 Å². The molecule has 0 atom stereocenters. The second-order valence-electron chi connectivity index (χ2n) is 34.3. The molecule has 4 heterocycles. The predicted octanol–water partition coefficient (Wildman–Crippen LogP) is 30.7. The molecule has 22 aromatic rings. The van der Waals surface area contributed by atoms with Gasteiger partial charge in [0, 0.05) is 77.1 Å². The lowest BCUT2D eigenvalue weighted by Crippen LogP contribution is -2.16. The highest BCUT2D eigenvalue weighted by Crippen LogP contribution is 2.55. The van der Waals surface area contributed by atoms with Gasteiger partial charge in [-0.05, 0) is 207 Å². The van der Waals surface area contributed by atoms with E-state index in [9.17, 15) is 0 Å². The molecule has 2 aliphatic carbocycles. The van der Waals surface area contributed by atoms with E-state index < -0.39 is 5.41 Å². The van der Waals surface area contributed by atoms with Gasteiger partial charge in [-0.25, -0.2) is 19.9 Å². The van der Waals surface area contributed by atoms with Crippen molar-refractivity contribution in [2.45, 2.75) is 38.5 Å². The Morgan fingerprint density at radius 3 is 1.12 bits per heavy atom. The number of hydrogen-bond acceptors (Lipinski definition) is 4. The summed E-state index contributed by atoms with van der Waals surface area (Å²) >= 11 is 0. The molecule has 0 radical (unpaired) electrons. The molecule has 0 amide bonds. The Morgan fingerprint density at radius 1 is 0.177 bits per heavy atom. The van der Waals surface area contributed by atoms with Gasteiger partial charge in [-0.15, -0.1) is 0 Å². The summed E-state index contributed by atoms with van der Waals surface area (Å²) in [6.45, 7) is 9.43. The quantitative estimate of drug-likeness (QED) is 0.115.